The van der Waals surface area contributed by atoms with Gasteiger partial charge in [0.2, 0.25) is 0 Å². The Labute approximate surface area is 135 Å². The number of hydrogen-bond donors (Lipinski definition) is 1. The van der Waals surface area contributed by atoms with Crippen LogP contribution in [0.4, 0.5) is 5.69 Å². The molecule has 1 amide bonds. The highest BCUT2D eigenvalue weighted by Gasteiger charge is 2.09. The molecule has 0 heterocycles. The summed E-state index contributed by atoms with van der Waals surface area (Å²) in [6.45, 7) is 1.93. The summed E-state index contributed by atoms with van der Waals surface area (Å²) in [5.74, 6) is 0.556. The van der Waals surface area contributed by atoms with Crippen LogP contribution in [0.25, 0.3) is 0 Å². The van der Waals surface area contributed by atoms with Gasteiger partial charge in [0.15, 0.2) is 18.1 Å². The normalized spacial score (nSPS) is 10.0. The number of anilines is 1. The van der Waals surface area contributed by atoms with Crippen molar-refractivity contribution in [2.75, 3.05) is 19.0 Å². The summed E-state index contributed by atoms with van der Waals surface area (Å²) in [5.41, 5.74) is 2.41. The zero-order valence-electron chi connectivity index (χ0n) is 13.2. The fraction of sp³-hybridized carbons (Fsp3) is 0.222. The zero-order chi connectivity index (χ0) is 16.7. The third-order valence-corrected chi connectivity index (χ3v) is 3.33. The molecule has 0 atom stereocenters. The van der Waals surface area contributed by atoms with Gasteiger partial charge in [0, 0.05) is 11.3 Å². The number of nitrogens with one attached hydrogen (secondary N) is 1. The second kappa shape index (κ2) is 7.98. The summed E-state index contributed by atoms with van der Waals surface area (Å²) < 4.78 is 10.6. The highest BCUT2D eigenvalue weighted by Crippen LogP contribution is 2.27. The molecule has 0 aromatic heterocycles. The first kappa shape index (κ1) is 16.5. The molecule has 2 aromatic rings. The summed E-state index contributed by atoms with van der Waals surface area (Å²) in [4.78, 5) is 22.7. The molecule has 120 valence electrons. The highest BCUT2D eigenvalue weighted by atomic mass is 16.5. The summed E-state index contributed by atoms with van der Waals surface area (Å²) in [6.07, 6.45) is 1.67. The number of carbonyl (C=O) groups is 2. The standard InChI is InChI=1S/C18H19NO4/c1-3-13-4-7-15(8-5-13)19-18(21)12-23-16-9-6-14(11-20)10-17(16)22-2/h4-11H,3,12H2,1-2H3,(H,19,21). The Morgan fingerprint density at radius 2 is 1.87 bits per heavy atom. The molecule has 0 saturated heterocycles. The third kappa shape index (κ3) is 4.57. The molecule has 0 unspecified atom stereocenters. The molecular weight excluding hydrogens is 294 g/mol. The van der Waals surface area contributed by atoms with E-state index in [0.29, 0.717) is 17.1 Å². The Kier molecular flexibility index (Phi) is 5.74. The van der Waals surface area contributed by atoms with E-state index in [2.05, 4.69) is 12.2 Å². The van der Waals surface area contributed by atoms with Crippen molar-refractivity contribution in [1.82, 2.24) is 0 Å². The zero-order valence-corrected chi connectivity index (χ0v) is 13.2. The largest absolute Gasteiger partial charge is 0.493 e. The summed E-state index contributed by atoms with van der Waals surface area (Å²) in [6, 6.07) is 12.4. The topological polar surface area (TPSA) is 64.6 Å². The van der Waals surface area contributed by atoms with Gasteiger partial charge in [-0.15, -0.1) is 0 Å². The minimum absolute atomic E-state index is 0.147. The number of ether oxygens (including phenoxy) is 2. The molecule has 0 aliphatic heterocycles. The predicted octanol–water partition coefficient (Wildman–Crippen LogP) is 3.09. The van der Waals surface area contributed by atoms with Crippen molar-refractivity contribution in [3.63, 3.8) is 0 Å². The van der Waals surface area contributed by atoms with E-state index < -0.39 is 0 Å². The lowest BCUT2D eigenvalue weighted by molar-refractivity contribution is -0.118. The number of benzene rings is 2. The summed E-state index contributed by atoms with van der Waals surface area (Å²) in [7, 11) is 1.48. The second-order valence-corrected chi connectivity index (χ2v) is 4.92. The number of carbonyl (C=O) groups excluding carboxylic acids is 2. The van der Waals surface area contributed by atoms with Crippen molar-refractivity contribution >= 4 is 17.9 Å². The molecule has 1 N–H and O–H groups in total. The van der Waals surface area contributed by atoms with Gasteiger partial charge in [0.05, 0.1) is 7.11 Å². The minimum Gasteiger partial charge on any atom is -0.493 e. The van der Waals surface area contributed by atoms with Crippen LogP contribution in [-0.4, -0.2) is 25.9 Å². The van der Waals surface area contributed by atoms with Gasteiger partial charge < -0.3 is 14.8 Å². The van der Waals surface area contributed by atoms with Gasteiger partial charge in [-0.1, -0.05) is 19.1 Å². The fourth-order valence-corrected chi connectivity index (χ4v) is 2.04. The lowest BCUT2D eigenvalue weighted by atomic mass is 10.1. The van der Waals surface area contributed by atoms with Gasteiger partial charge in [-0.3, -0.25) is 9.59 Å². The Morgan fingerprint density at radius 3 is 2.48 bits per heavy atom. The number of amides is 1. The maximum absolute atomic E-state index is 11.9. The van der Waals surface area contributed by atoms with Crippen molar-refractivity contribution in [1.29, 1.82) is 0 Å². The monoisotopic (exact) mass is 313 g/mol. The van der Waals surface area contributed by atoms with Crippen LogP contribution in [0, 0.1) is 0 Å². The van der Waals surface area contributed by atoms with Gasteiger partial charge in [0.25, 0.3) is 5.91 Å². The molecule has 0 spiro atoms. The lowest BCUT2D eigenvalue weighted by Crippen LogP contribution is -2.20. The first-order valence-corrected chi connectivity index (χ1v) is 7.31. The van der Waals surface area contributed by atoms with E-state index in [1.165, 1.54) is 12.7 Å². The van der Waals surface area contributed by atoms with E-state index in [-0.39, 0.29) is 12.5 Å². The first-order valence-electron chi connectivity index (χ1n) is 7.31. The SMILES string of the molecule is CCc1ccc(NC(=O)COc2ccc(C=O)cc2OC)cc1. The molecule has 0 bridgehead atoms. The lowest BCUT2D eigenvalue weighted by Gasteiger charge is -2.11. The van der Waals surface area contributed by atoms with Crippen molar-refractivity contribution < 1.29 is 19.1 Å². The fourth-order valence-electron chi connectivity index (χ4n) is 2.04. The quantitative estimate of drug-likeness (QED) is 0.798. The second-order valence-electron chi connectivity index (χ2n) is 4.92. The average Bonchev–Trinajstić information content (AvgIpc) is 2.60. The van der Waals surface area contributed by atoms with Crippen LogP contribution in [0.2, 0.25) is 0 Å². The van der Waals surface area contributed by atoms with Gasteiger partial charge in [-0.2, -0.15) is 0 Å². The van der Waals surface area contributed by atoms with Gasteiger partial charge in [-0.25, -0.2) is 0 Å². The number of aldehydes is 1. The smallest absolute Gasteiger partial charge is 0.262 e. The minimum atomic E-state index is -0.268. The molecule has 0 radical (unpaired) electrons. The molecule has 2 aromatic carbocycles. The highest BCUT2D eigenvalue weighted by molar-refractivity contribution is 5.91. The first-order chi connectivity index (χ1) is 11.2. The van der Waals surface area contributed by atoms with Gasteiger partial charge in [-0.05, 0) is 42.3 Å². The number of hydrogen-bond acceptors (Lipinski definition) is 4. The molecule has 5 nitrogen and oxygen atoms in total. The maximum Gasteiger partial charge on any atom is 0.262 e. The Bertz CT molecular complexity index is 680. The predicted molar refractivity (Wildman–Crippen MR) is 88.3 cm³/mol. The van der Waals surface area contributed by atoms with Crippen LogP contribution in [0.1, 0.15) is 22.8 Å². The maximum atomic E-state index is 11.9. The number of methoxy groups -OCH3 is 1. The van der Waals surface area contributed by atoms with Crippen LogP contribution >= 0.6 is 0 Å². The van der Waals surface area contributed by atoms with Crippen LogP contribution in [-0.2, 0) is 11.2 Å². The van der Waals surface area contributed by atoms with Crippen LogP contribution in [0.15, 0.2) is 42.5 Å². The molecule has 2 rings (SSSR count). The van der Waals surface area contributed by atoms with Crippen molar-refractivity contribution in [2.24, 2.45) is 0 Å². The summed E-state index contributed by atoms with van der Waals surface area (Å²) >= 11 is 0. The number of rotatable bonds is 7. The van der Waals surface area contributed by atoms with Crippen LogP contribution in [0.5, 0.6) is 11.5 Å². The third-order valence-electron chi connectivity index (χ3n) is 3.33. The molecule has 0 fully saturated rings. The van der Waals surface area contributed by atoms with E-state index in [9.17, 15) is 9.59 Å². The van der Waals surface area contributed by atoms with Crippen LogP contribution < -0.4 is 14.8 Å². The molecular formula is C18H19NO4. The average molecular weight is 313 g/mol. The van der Waals surface area contributed by atoms with Crippen molar-refractivity contribution in [3.8, 4) is 11.5 Å². The van der Waals surface area contributed by atoms with E-state index >= 15 is 0 Å². The van der Waals surface area contributed by atoms with E-state index in [4.69, 9.17) is 9.47 Å². The Balaban J connectivity index is 1.94. The molecule has 23 heavy (non-hydrogen) atoms. The summed E-state index contributed by atoms with van der Waals surface area (Å²) in [5, 5.41) is 2.76. The molecule has 0 saturated carbocycles. The Morgan fingerprint density at radius 1 is 1.13 bits per heavy atom. The van der Waals surface area contributed by atoms with Gasteiger partial charge in [0.1, 0.15) is 6.29 Å². The molecule has 5 heteroatoms. The number of aryl methyl sites for hydroxylation is 1. The molecule has 0 aliphatic carbocycles. The van der Waals surface area contributed by atoms with E-state index in [0.717, 1.165) is 18.4 Å². The van der Waals surface area contributed by atoms with E-state index in [1.807, 2.05) is 24.3 Å². The van der Waals surface area contributed by atoms with Gasteiger partial charge >= 0.3 is 0 Å². The molecule has 0 aliphatic rings. The van der Waals surface area contributed by atoms with Crippen molar-refractivity contribution in [2.45, 2.75) is 13.3 Å². The van der Waals surface area contributed by atoms with Crippen molar-refractivity contribution in [3.05, 3.63) is 53.6 Å². The van der Waals surface area contributed by atoms with Crippen LogP contribution in [0.3, 0.4) is 0 Å². The van der Waals surface area contributed by atoms with E-state index in [1.54, 1.807) is 18.2 Å². The Hall–Kier alpha value is -2.82.